The minimum Gasteiger partial charge on any atom is -0.478 e. The van der Waals surface area contributed by atoms with Gasteiger partial charge < -0.3 is 5.11 Å². The SMILES string of the molecule is O=C(O)c1ccc2cc(C(=O)Cl)ccc2c1. The van der Waals surface area contributed by atoms with Crippen molar-refractivity contribution in [3.63, 3.8) is 0 Å². The van der Waals surface area contributed by atoms with E-state index in [0.29, 0.717) is 5.56 Å². The van der Waals surface area contributed by atoms with E-state index in [9.17, 15) is 9.59 Å². The average molecular weight is 235 g/mol. The van der Waals surface area contributed by atoms with E-state index in [2.05, 4.69) is 0 Å². The Kier molecular flexibility index (Phi) is 2.62. The molecule has 2 aromatic carbocycles. The number of carbonyl (C=O) groups is 2. The standard InChI is InChI=1S/C12H7ClO3/c13-11(14)9-3-1-8-6-10(12(15)16)4-2-7(8)5-9/h1-6H,(H,15,16). The van der Waals surface area contributed by atoms with Crippen LogP contribution in [0.5, 0.6) is 0 Å². The van der Waals surface area contributed by atoms with Crippen molar-refractivity contribution in [2.45, 2.75) is 0 Å². The van der Waals surface area contributed by atoms with Gasteiger partial charge in [0.25, 0.3) is 5.24 Å². The molecule has 0 saturated carbocycles. The lowest BCUT2D eigenvalue weighted by Crippen LogP contribution is -1.95. The highest BCUT2D eigenvalue weighted by Crippen LogP contribution is 2.19. The van der Waals surface area contributed by atoms with Gasteiger partial charge in [-0.1, -0.05) is 12.1 Å². The maximum Gasteiger partial charge on any atom is 0.335 e. The number of halogens is 1. The second-order valence-corrected chi connectivity index (χ2v) is 3.70. The maximum atomic E-state index is 10.9. The van der Waals surface area contributed by atoms with Gasteiger partial charge >= 0.3 is 5.97 Å². The smallest absolute Gasteiger partial charge is 0.335 e. The second-order valence-electron chi connectivity index (χ2n) is 3.36. The number of fused-ring (bicyclic) bond motifs is 1. The number of carboxylic acids is 1. The van der Waals surface area contributed by atoms with Crippen LogP contribution in [0, 0.1) is 0 Å². The number of carbonyl (C=O) groups excluding carboxylic acids is 1. The van der Waals surface area contributed by atoms with Gasteiger partial charge in [-0.2, -0.15) is 0 Å². The Hall–Kier alpha value is -1.87. The summed E-state index contributed by atoms with van der Waals surface area (Å²) in [4.78, 5) is 21.7. The molecule has 16 heavy (non-hydrogen) atoms. The van der Waals surface area contributed by atoms with E-state index >= 15 is 0 Å². The number of aromatic carboxylic acids is 1. The summed E-state index contributed by atoms with van der Waals surface area (Å²) in [5.74, 6) is -0.973. The lowest BCUT2D eigenvalue weighted by molar-refractivity contribution is 0.0697. The molecule has 0 aliphatic rings. The van der Waals surface area contributed by atoms with E-state index < -0.39 is 11.2 Å². The minimum absolute atomic E-state index is 0.220. The van der Waals surface area contributed by atoms with Crippen molar-refractivity contribution < 1.29 is 14.7 Å². The third-order valence-corrected chi connectivity index (χ3v) is 2.53. The molecule has 80 valence electrons. The van der Waals surface area contributed by atoms with Gasteiger partial charge in [0.15, 0.2) is 0 Å². The molecule has 0 saturated heterocycles. The topological polar surface area (TPSA) is 54.4 Å². The van der Waals surface area contributed by atoms with Crippen molar-refractivity contribution in [2.75, 3.05) is 0 Å². The number of hydrogen-bond donors (Lipinski definition) is 1. The summed E-state index contributed by atoms with van der Waals surface area (Å²) in [6.45, 7) is 0. The predicted octanol–water partition coefficient (Wildman–Crippen LogP) is 2.92. The van der Waals surface area contributed by atoms with Crippen LogP contribution < -0.4 is 0 Å². The molecule has 0 aliphatic heterocycles. The Bertz CT molecular complexity index is 537. The van der Waals surface area contributed by atoms with Gasteiger partial charge in [0, 0.05) is 5.56 Å². The average Bonchev–Trinajstić information content (AvgIpc) is 2.27. The molecule has 0 atom stereocenters. The molecule has 0 heterocycles. The maximum absolute atomic E-state index is 10.9. The lowest BCUT2D eigenvalue weighted by atomic mass is 10.0. The Morgan fingerprint density at radius 3 is 1.94 bits per heavy atom. The molecule has 0 aliphatic carbocycles. The first-order valence-corrected chi connectivity index (χ1v) is 4.92. The molecule has 0 radical (unpaired) electrons. The largest absolute Gasteiger partial charge is 0.478 e. The van der Waals surface area contributed by atoms with Gasteiger partial charge in [0.2, 0.25) is 0 Å². The van der Waals surface area contributed by atoms with E-state index in [1.54, 1.807) is 30.3 Å². The minimum atomic E-state index is -0.973. The fraction of sp³-hybridized carbons (Fsp3) is 0. The van der Waals surface area contributed by atoms with Crippen molar-refractivity contribution in [2.24, 2.45) is 0 Å². The Morgan fingerprint density at radius 2 is 1.44 bits per heavy atom. The molecule has 0 amide bonds. The van der Waals surface area contributed by atoms with Crippen LogP contribution in [0.2, 0.25) is 0 Å². The van der Waals surface area contributed by atoms with E-state index in [0.717, 1.165) is 10.8 Å². The molecule has 0 aromatic heterocycles. The van der Waals surface area contributed by atoms with Crippen LogP contribution in [0.4, 0.5) is 0 Å². The zero-order chi connectivity index (χ0) is 11.7. The van der Waals surface area contributed by atoms with Gasteiger partial charge in [0.05, 0.1) is 5.56 Å². The van der Waals surface area contributed by atoms with Gasteiger partial charge in [-0.05, 0) is 46.6 Å². The first kappa shape index (κ1) is 10.6. The Morgan fingerprint density at radius 1 is 0.938 bits per heavy atom. The van der Waals surface area contributed by atoms with Crippen molar-refractivity contribution in [1.29, 1.82) is 0 Å². The van der Waals surface area contributed by atoms with Gasteiger partial charge in [-0.3, -0.25) is 4.79 Å². The molecular formula is C12H7ClO3. The molecule has 4 heteroatoms. The zero-order valence-electron chi connectivity index (χ0n) is 8.11. The summed E-state index contributed by atoms with van der Waals surface area (Å²) in [5.41, 5.74) is 0.620. The Labute approximate surface area is 96.3 Å². The van der Waals surface area contributed by atoms with Crippen LogP contribution in [0.1, 0.15) is 20.7 Å². The highest BCUT2D eigenvalue weighted by Gasteiger charge is 2.06. The summed E-state index contributed by atoms with van der Waals surface area (Å²) >= 11 is 5.35. The van der Waals surface area contributed by atoms with Crippen LogP contribution in [-0.4, -0.2) is 16.3 Å². The molecule has 0 fully saturated rings. The monoisotopic (exact) mass is 234 g/mol. The fourth-order valence-electron chi connectivity index (χ4n) is 1.50. The molecule has 3 nitrogen and oxygen atoms in total. The summed E-state index contributed by atoms with van der Waals surface area (Å²) in [6, 6.07) is 9.59. The van der Waals surface area contributed by atoms with Gasteiger partial charge in [-0.15, -0.1) is 0 Å². The first-order chi connectivity index (χ1) is 7.58. The third kappa shape index (κ3) is 1.90. The van der Waals surface area contributed by atoms with Crippen LogP contribution >= 0.6 is 11.6 Å². The van der Waals surface area contributed by atoms with Crippen molar-refractivity contribution in [3.05, 3.63) is 47.5 Å². The van der Waals surface area contributed by atoms with E-state index in [4.69, 9.17) is 16.7 Å². The van der Waals surface area contributed by atoms with Crippen molar-refractivity contribution >= 4 is 33.6 Å². The fourth-order valence-corrected chi connectivity index (χ4v) is 1.62. The van der Waals surface area contributed by atoms with E-state index in [1.807, 2.05) is 0 Å². The zero-order valence-corrected chi connectivity index (χ0v) is 8.86. The number of benzene rings is 2. The highest BCUT2D eigenvalue weighted by molar-refractivity contribution is 6.67. The Balaban J connectivity index is 2.61. The quantitative estimate of drug-likeness (QED) is 0.813. The van der Waals surface area contributed by atoms with Crippen LogP contribution in [0.15, 0.2) is 36.4 Å². The van der Waals surface area contributed by atoms with E-state index in [-0.39, 0.29) is 5.56 Å². The number of carboxylic acid groups (broad SMARTS) is 1. The predicted molar refractivity (Wildman–Crippen MR) is 61.1 cm³/mol. The van der Waals surface area contributed by atoms with Crippen LogP contribution in [0.3, 0.4) is 0 Å². The van der Waals surface area contributed by atoms with Crippen LogP contribution in [-0.2, 0) is 0 Å². The summed E-state index contributed by atoms with van der Waals surface area (Å²) in [6.07, 6.45) is 0. The molecule has 2 rings (SSSR count). The molecule has 0 unspecified atom stereocenters. The molecule has 1 N–H and O–H groups in total. The number of hydrogen-bond acceptors (Lipinski definition) is 2. The van der Waals surface area contributed by atoms with E-state index in [1.165, 1.54) is 6.07 Å². The number of rotatable bonds is 2. The highest BCUT2D eigenvalue weighted by atomic mass is 35.5. The van der Waals surface area contributed by atoms with Gasteiger partial charge in [0.1, 0.15) is 0 Å². The van der Waals surface area contributed by atoms with Gasteiger partial charge in [-0.25, -0.2) is 4.79 Å². The summed E-state index contributed by atoms with van der Waals surface area (Å²) < 4.78 is 0. The molecule has 0 spiro atoms. The lowest BCUT2D eigenvalue weighted by Gasteiger charge is -2.01. The van der Waals surface area contributed by atoms with Crippen molar-refractivity contribution in [1.82, 2.24) is 0 Å². The van der Waals surface area contributed by atoms with Crippen LogP contribution in [0.25, 0.3) is 10.8 Å². The second kappa shape index (κ2) is 3.94. The summed E-state index contributed by atoms with van der Waals surface area (Å²) in [7, 11) is 0. The summed E-state index contributed by atoms with van der Waals surface area (Å²) in [5, 5.41) is 9.84. The first-order valence-electron chi connectivity index (χ1n) is 4.55. The molecular weight excluding hydrogens is 228 g/mol. The molecule has 2 aromatic rings. The molecule has 0 bridgehead atoms. The third-order valence-electron chi connectivity index (χ3n) is 2.31. The normalized spacial score (nSPS) is 10.3. The van der Waals surface area contributed by atoms with Crippen molar-refractivity contribution in [3.8, 4) is 0 Å².